The number of carbonyl (C=O) groups excluding carboxylic acids is 1. The van der Waals surface area contributed by atoms with Gasteiger partial charge in [-0.25, -0.2) is 0 Å². The van der Waals surface area contributed by atoms with Crippen molar-refractivity contribution < 1.29 is 9.21 Å². The van der Waals surface area contributed by atoms with Crippen LogP contribution < -0.4 is 5.73 Å². The van der Waals surface area contributed by atoms with Crippen LogP contribution in [0.3, 0.4) is 0 Å². The molecule has 0 atom stereocenters. The van der Waals surface area contributed by atoms with Gasteiger partial charge in [0.25, 0.3) is 5.91 Å². The summed E-state index contributed by atoms with van der Waals surface area (Å²) in [5, 5.41) is 0.925. The number of carbonyl (C=O) groups is 1. The molecule has 20 heavy (non-hydrogen) atoms. The largest absolute Gasteiger partial charge is 0.451 e. The Morgan fingerprint density at radius 3 is 2.70 bits per heavy atom. The first-order valence-corrected chi connectivity index (χ1v) is 6.97. The average Bonchev–Trinajstić information content (AvgIpc) is 2.81. The zero-order chi connectivity index (χ0) is 14.7. The van der Waals surface area contributed by atoms with E-state index in [1.807, 2.05) is 38.1 Å². The predicted molar refractivity (Wildman–Crippen MR) is 83.8 cm³/mol. The van der Waals surface area contributed by atoms with E-state index >= 15 is 0 Å². The molecule has 0 aliphatic rings. The van der Waals surface area contributed by atoms with Crippen LogP contribution in [0.2, 0.25) is 0 Å². The van der Waals surface area contributed by atoms with E-state index in [0.717, 1.165) is 5.39 Å². The van der Waals surface area contributed by atoms with E-state index in [4.69, 9.17) is 22.4 Å². The van der Waals surface area contributed by atoms with Crippen LogP contribution in [0.1, 0.15) is 30.8 Å². The van der Waals surface area contributed by atoms with Crippen LogP contribution in [0.25, 0.3) is 11.0 Å². The summed E-state index contributed by atoms with van der Waals surface area (Å²) in [4.78, 5) is 14.6. The first-order chi connectivity index (χ1) is 9.49. The van der Waals surface area contributed by atoms with Gasteiger partial charge in [-0.05, 0) is 26.0 Å². The Labute approximate surface area is 123 Å². The minimum atomic E-state index is -0.132. The number of hydrogen-bond donors (Lipinski definition) is 1. The van der Waals surface area contributed by atoms with Gasteiger partial charge in [0.15, 0.2) is 5.76 Å². The number of para-hydroxylation sites is 1. The second-order valence-corrected chi connectivity index (χ2v) is 5.48. The van der Waals surface area contributed by atoms with Gasteiger partial charge < -0.3 is 15.1 Å². The summed E-state index contributed by atoms with van der Waals surface area (Å²) in [5.41, 5.74) is 6.23. The fraction of sp³-hybridized carbons (Fsp3) is 0.333. The highest BCUT2D eigenvalue weighted by Gasteiger charge is 2.22. The quantitative estimate of drug-likeness (QED) is 0.860. The predicted octanol–water partition coefficient (Wildman–Crippen LogP) is 2.96. The molecule has 0 aliphatic carbocycles. The number of hydrogen-bond acceptors (Lipinski definition) is 3. The minimum Gasteiger partial charge on any atom is -0.451 e. The fourth-order valence-corrected chi connectivity index (χ4v) is 2.14. The van der Waals surface area contributed by atoms with E-state index in [-0.39, 0.29) is 11.9 Å². The molecule has 0 saturated heterocycles. The highest BCUT2D eigenvalue weighted by Crippen LogP contribution is 2.20. The first kappa shape index (κ1) is 14.5. The second-order valence-electron chi connectivity index (χ2n) is 4.96. The molecular weight excluding hydrogens is 272 g/mol. The summed E-state index contributed by atoms with van der Waals surface area (Å²) < 4.78 is 5.61. The number of furan rings is 1. The summed E-state index contributed by atoms with van der Waals surface area (Å²) in [6.45, 7) is 4.42. The van der Waals surface area contributed by atoms with Gasteiger partial charge in [0, 0.05) is 24.4 Å². The van der Waals surface area contributed by atoms with Gasteiger partial charge in [-0.2, -0.15) is 0 Å². The lowest BCUT2D eigenvalue weighted by Gasteiger charge is -2.25. The molecule has 0 radical (unpaired) electrons. The Kier molecular flexibility index (Phi) is 4.39. The molecule has 0 fully saturated rings. The number of fused-ring (bicyclic) bond motifs is 1. The SMILES string of the molecule is CC(C)N(CCC(N)=S)C(=O)c1cc2ccccc2o1. The Morgan fingerprint density at radius 1 is 1.40 bits per heavy atom. The van der Waals surface area contributed by atoms with E-state index in [2.05, 4.69) is 0 Å². The molecule has 2 aromatic rings. The van der Waals surface area contributed by atoms with E-state index < -0.39 is 0 Å². The van der Waals surface area contributed by atoms with Crippen LogP contribution in [0.5, 0.6) is 0 Å². The van der Waals surface area contributed by atoms with Crippen LogP contribution in [-0.2, 0) is 0 Å². The number of nitrogens with two attached hydrogens (primary N) is 1. The van der Waals surface area contributed by atoms with Gasteiger partial charge in [0.1, 0.15) is 5.58 Å². The number of thiocarbonyl (C=S) groups is 1. The zero-order valence-electron chi connectivity index (χ0n) is 11.6. The summed E-state index contributed by atoms with van der Waals surface area (Å²) in [5.74, 6) is 0.218. The lowest BCUT2D eigenvalue weighted by atomic mass is 10.2. The van der Waals surface area contributed by atoms with Crippen LogP contribution >= 0.6 is 12.2 Å². The molecule has 106 valence electrons. The van der Waals surface area contributed by atoms with E-state index in [0.29, 0.717) is 29.3 Å². The molecule has 1 amide bonds. The van der Waals surface area contributed by atoms with Gasteiger partial charge in [-0.1, -0.05) is 30.4 Å². The third-order valence-corrected chi connectivity index (χ3v) is 3.32. The molecule has 0 saturated carbocycles. The summed E-state index contributed by atoms with van der Waals surface area (Å²) in [6.07, 6.45) is 0.513. The van der Waals surface area contributed by atoms with Crippen molar-refractivity contribution >= 4 is 34.1 Å². The molecule has 1 heterocycles. The van der Waals surface area contributed by atoms with E-state index in [9.17, 15) is 4.79 Å². The van der Waals surface area contributed by atoms with Crippen molar-refractivity contribution in [1.29, 1.82) is 0 Å². The molecule has 0 spiro atoms. The van der Waals surface area contributed by atoms with Crippen LogP contribution in [0, 0.1) is 0 Å². The molecule has 0 bridgehead atoms. The number of rotatable bonds is 5. The van der Waals surface area contributed by atoms with Crippen LogP contribution in [0.4, 0.5) is 0 Å². The fourth-order valence-electron chi connectivity index (χ4n) is 2.05. The molecule has 5 heteroatoms. The Bertz CT molecular complexity index is 601. The maximum absolute atomic E-state index is 12.5. The number of amides is 1. The van der Waals surface area contributed by atoms with Gasteiger partial charge in [-0.3, -0.25) is 4.79 Å². The van der Waals surface area contributed by atoms with Crippen molar-refractivity contribution in [2.75, 3.05) is 6.54 Å². The van der Waals surface area contributed by atoms with Crippen LogP contribution in [-0.4, -0.2) is 28.4 Å². The van der Waals surface area contributed by atoms with Crippen molar-refractivity contribution in [3.63, 3.8) is 0 Å². The summed E-state index contributed by atoms with van der Waals surface area (Å²) in [7, 11) is 0. The molecule has 0 unspecified atom stereocenters. The monoisotopic (exact) mass is 290 g/mol. The van der Waals surface area contributed by atoms with Crippen molar-refractivity contribution in [2.24, 2.45) is 5.73 Å². The van der Waals surface area contributed by atoms with E-state index in [1.54, 1.807) is 11.0 Å². The third kappa shape index (κ3) is 3.17. The molecular formula is C15H18N2O2S. The Balaban J connectivity index is 2.24. The van der Waals surface area contributed by atoms with Gasteiger partial charge in [-0.15, -0.1) is 0 Å². The molecule has 2 rings (SSSR count). The summed E-state index contributed by atoms with van der Waals surface area (Å²) in [6, 6.07) is 9.40. The lowest BCUT2D eigenvalue weighted by molar-refractivity contribution is 0.0681. The smallest absolute Gasteiger partial charge is 0.289 e. The highest BCUT2D eigenvalue weighted by atomic mass is 32.1. The molecule has 2 N–H and O–H groups in total. The normalized spacial score (nSPS) is 10.9. The average molecular weight is 290 g/mol. The highest BCUT2D eigenvalue weighted by molar-refractivity contribution is 7.80. The molecule has 0 aliphatic heterocycles. The Hall–Kier alpha value is -1.88. The minimum absolute atomic E-state index is 0.0602. The summed E-state index contributed by atoms with van der Waals surface area (Å²) >= 11 is 4.87. The zero-order valence-corrected chi connectivity index (χ0v) is 12.4. The second kappa shape index (κ2) is 6.05. The van der Waals surface area contributed by atoms with Gasteiger partial charge in [0.05, 0.1) is 4.99 Å². The number of nitrogens with zero attached hydrogens (tertiary/aromatic N) is 1. The van der Waals surface area contributed by atoms with Gasteiger partial charge in [0.2, 0.25) is 0 Å². The third-order valence-electron chi connectivity index (χ3n) is 3.12. The topological polar surface area (TPSA) is 59.5 Å². The van der Waals surface area contributed by atoms with Crippen molar-refractivity contribution in [3.05, 3.63) is 36.1 Å². The van der Waals surface area contributed by atoms with Crippen LogP contribution in [0.15, 0.2) is 34.7 Å². The van der Waals surface area contributed by atoms with Gasteiger partial charge >= 0.3 is 0 Å². The van der Waals surface area contributed by atoms with Crippen molar-refractivity contribution in [3.8, 4) is 0 Å². The lowest BCUT2D eigenvalue weighted by Crippen LogP contribution is -2.38. The van der Waals surface area contributed by atoms with Crippen molar-refractivity contribution in [2.45, 2.75) is 26.3 Å². The number of benzene rings is 1. The molecule has 1 aromatic carbocycles. The molecule has 1 aromatic heterocycles. The maximum atomic E-state index is 12.5. The Morgan fingerprint density at radius 2 is 2.10 bits per heavy atom. The maximum Gasteiger partial charge on any atom is 0.289 e. The van der Waals surface area contributed by atoms with E-state index in [1.165, 1.54) is 0 Å². The first-order valence-electron chi connectivity index (χ1n) is 6.57. The molecule has 4 nitrogen and oxygen atoms in total. The van der Waals surface area contributed by atoms with Crippen molar-refractivity contribution in [1.82, 2.24) is 4.90 Å². The standard InChI is InChI=1S/C15H18N2O2S/c1-10(2)17(8-7-14(16)20)15(18)13-9-11-5-3-4-6-12(11)19-13/h3-6,9-10H,7-8H2,1-2H3,(H2,16,20).